The third-order valence-corrected chi connectivity index (χ3v) is 4.79. The third-order valence-electron chi connectivity index (χ3n) is 3.95. The molecule has 7 nitrogen and oxygen atoms in total. The molecule has 1 aromatic heterocycles. The predicted octanol–water partition coefficient (Wildman–Crippen LogP) is 2.63. The van der Waals surface area contributed by atoms with E-state index in [2.05, 4.69) is 26.6 Å². The summed E-state index contributed by atoms with van der Waals surface area (Å²) in [6.07, 6.45) is 0. The van der Waals surface area contributed by atoms with Crippen molar-refractivity contribution in [1.29, 1.82) is 5.26 Å². The summed E-state index contributed by atoms with van der Waals surface area (Å²) in [4.78, 5) is 16.5. The summed E-state index contributed by atoms with van der Waals surface area (Å²) in [5.74, 6) is 1.31. The lowest BCUT2D eigenvalue weighted by atomic mass is 9.90. The van der Waals surface area contributed by atoms with Crippen LogP contribution < -0.4 is 10.1 Å². The lowest BCUT2D eigenvalue weighted by molar-refractivity contribution is -0.120. The van der Waals surface area contributed by atoms with Gasteiger partial charge in [-0.1, -0.05) is 25.6 Å². The van der Waals surface area contributed by atoms with Crippen molar-refractivity contribution in [3.8, 4) is 23.2 Å². The van der Waals surface area contributed by atoms with Crippen LogP contribution in [0.15, 0.2) is 29.4 Å². The van der Waals surface area contributed by atoms with Gasteiger partial charge in [0.1, 0.15) is 11.3 Å². The number of carbonyl (C=O) groups is 1. The number of nitrogens with one attached hydrogen (secondary N) is 2. The molecule has 0 unspecified atom stereocenters. The summed E-state index contributed by atoms with van der Waals surface area (Å²) >= 11 is 1.21. The summed E-state index contributed by atoms with van der Waals surface area (Å²) in [6.45, 7) is 5.51. The molecular weight excluding hydrogens is 338 g/mol. The number of ether oxygens (including phenoxy) is 1. The van der Waals surface area contributed by atoms with Gasteiger partial charge in [0.2, 0.25) is 11.1 Å². The van der Waals surface area contributed by atoms with Crippen molar-refractivity contribution in [3.05, 3.63) is 24.3 Å². The minimum Gasteiger partial charge on any atom is -0.497 e. The van der Waals surface area contributed by atoms with Crippen LogP contribution in [0.2, 0.25) is 0 Å². The van der Waals surface area contributed by atoms with Gasteiger partial charge in [0.25, 0.3) is 0 Å². The van der Waals surface area contributed by atoms with Gasteiger partial charge in [0, 0.05) is 5.56 Å². The van der Waals surface area contributed by atoms with E-state index in [1.165, 1.54) is 11.8 Å². The van der Waals surface area contributed by atoms with Gasteiger partial charge in [-0.25, -0.2) is 4.98 Å². The Bertz CT molecular complexity index is 766. The summed E-state index contributed by atoms with van der Waals surface area (Å²) in [6, 6.07) is 9.59. The first-order chi connectivity index (χ1) is 11.9. The minimum absolute atomic E-state index is 0.0108. The minimum atomic E-state index is -0.884. The molecule has 8 heteroatoms. The number of hydrogen-bond acceptors (Lipinski definition) is 6. The van der Waals surface area contributed by atoms with Crippen molar-refractivity contribution in [2.24, 2.45) is 5.92 Å². The Morgan fingerprint density at radius 1 is 1.44 bits per heavy atom. The lowest BCUT2D eigenvalue weighted by Gasteiger charge is -2.27. The molecule has 1 amide bonds. The molecule has 0 aliphatic carbocycles. The fourth-order valence-electron chi connectivity index (χ4n) is 1.95. The van der Waals surface area contributed by atoms with E-state index in [0.717, 1.165) is 11.3 Å². The zero-order valence-corrected chi connectivity index (χ0v) is 15.5. The molecule has 1 atom stereocenters. The normalized spacial score (nSPS) is 13.1. The van der Waals surface area contributed by atoms with Gasteiger partial charge in [-0.05, 0) is 37.1 Å². The standard InChI is InChI=1S/C17H21N5O2S/c1-11(2)17(3,10-18)20-14(23)9-25-16-19-15(21-22-16)12-5-7-13(24-4)8-6-12/h5-8,11H,9H2,1-4H3,(H,20,23)(H,19,21,22)/t17-/m1/s1. The Balaban J connectivity index is 1.95. The summed E-state index contributed by atoms with van der Waals surface area (Å²) in [5.41, 5.74) is -0.00767. The maximum Gasteiger partial charge on any atom is 0.231 e. The van der Waals surface area contributed by atoms with Crippen molar-refractivity contribution in [2.45, 2.75) is 31.5 Å². The first-order valence-electron chi connectivity index (χ1n) is 7.80. The van der Waals surface area contributed by atoms with Crippen LogP contribution in [0.25, 0.3) is 11.4 Å². The van der Waals surface area contributed by atoms with Crippen LogP contribution in [-0.2, 0) is 4.79 Å². The molecule has 0 saturated heterocycles. The smallest absolute Gasteiger partial charge is 0.231 e. The molecule has 132 valence electrons. The molecule has 0 fully saturated rings. The number of nitriles is 1. The van der Waals surface area contributed by atoms with Gasteiger partial charge in [-0.2, -0.15) is 5.26 Å². The topological polar surface area (TPSA) is 104 Å². The third kappa shape index (κ3) is 4.73. The van der Waals surface area contributed by atoms with Gasteiger partial charge in [-0.15, -0.1) is 5.10 Å². The average molecular weight is 359 g/mol. The fourth-order valence-corrected chi connectivity index (χ4v) is 2.54. The van der Waals surface area contributed by atoms with Crippen molar-refractivity contribution < 1.29 is 9.53 Å². The van der Waals surface area contributed by atoms with Crippen LogP contribution in [0.5, 0.6) is 5.75 Å². The molecule has 25 heavy (non-hydrogen) atoms. The van der Waals surface area contributed by atoms with Crippen molar-refractivity contribution >= 4 is 17.7 Å². The SMILES string of the molecule is COc1ccc(-c2nc(SCC(=O)N[C@](C)(C#N)C(C)C)n[nH]2)cc1. The van der Waals surface area contributed by atoms with E-state index in [1.807, 2.05) is 38.1 Å². The molecule has 2 N–H and O–H groups in total. The molecule has 1 aromatic carbocycles. The van der Waals surface area contributed by atoms with E-state index in [4.69, 9.17) is 4.74 Å². The van der Waals surface area contributed by atoms with Gasteiger partial charge >= 0.3 is 0 Å². The lowest BCUT2D eigenvalue weighted by Crippen LogP contribution is -2.49. The highest BCUT2D eigenvalue weighted by atomic mass is 32.2. The molecule has 0 saturated carbocycles. The largest absolute Gasteiger partial charge is 0.497 e. The van der Waals surface area contributed by atoms with E-state index in [-0.39, 0.29) is 17.6 Å². The number of thioether (sulfide) groups is 1. The number of aromatic nitrogens is 3. The molecule has 2 aromatic rings. The van der Waals surface area contributed by atoms with Crippen molar-refractivity contribution in [3.63, 3.8) is 0 Å². The molecular formula is C17H21N5O2S. The molecule has 1 heterocycles. The molecule has 0 aliphatic rings. The second-order valence-corrected chi connectivity index (χ2v) is 6.94. The van der Waals surface area contributed by atoms with Gasteiger partial charge < -0.3 is 10.1 Å². The van der Waals surface area contributed by atoms with Crippen molar-refractivity contribution in [2.75, 3.05) is 12.9 Å². The van der Waals surface area contributed by atoms with E-state index >= 15 is 0 Å². The summed E-state index contributed by atoms with van der Waals surface area (Å²) in [5, 5.41) is 19.4. The second-order valence-electron chi connectivity index (χ2n) is 6.00. The number of carbonyl (C=O) groups excluding carboxylic acids is 1. The summed E-state index contributed by atoms with van der Waals surface area (Å²) in [7, 11) is 1.61. The number of H-pyrrole nitrogens is 1. The fraction of sp³-hybridized carbons (Fsp3) is 0.412. The van der Waals surface area contributed by atoms with Crippen LogP contribution in [0.4, 0.5) is 0 Å². The Morgan fingerprint density at radius 3 is 2.68 bits per heavy atom. The molecule has 2 rings (SSSR count). The highest BCUT2D eigenvalue weighted by molar-refractivity contribution is 7.99. The zero-order valence-electron chi connectivity index (χ0n) is 14.7. The van der Waals surface area contributed by atoms with E-state index in [1.54, 1.807) is 14.0 Å². The quantitative estimate of drug-likeness (QED) is 0.737. The number of nitrogens with zero attached hydrogens (tertiary/aromatic N) is 3. The monoisotopic (exact) mass is 359 g/mol. The molecule has 0 radical (unpaired) electrons. The Labute approximate surface area is 151 Å². The first-order valence-corrected chi connectivity index (χ1v) is 8.78. The Morgan fingerprint density at radius 2 is 2.12 bits per heavy atom. The maximum absolute atomic E-state index is 12.1. The molecule has 0 spiro atoms. The second kappa shape index (κ2) is 8.03. The predicted molar refractivity (Wildman–Crippen MR) is 96.1 cm³/mol. The number of aromatic amines is 1. The maximum atomic E-state index is 12.1. The van der Waals surface area contributed by atoms with Crippen LogP contribution in [0.1, 0.15) is 20.8 Å². The number of methoxy groups -OCH3 is 1. The number of benzene rings is 1. The van der Waals surface area contributed by atoms with Crippen LogP contribution in [-0.4, -0.2) is 39.5 Å². The zero-order chi connectivity index (χ0) is 18.4. The van der Waals surface area contributed by atoms with E-state index in [0.29, 0.717) is 11.0 Å². The highest BCUT2D eigenvalue weighted by Gasteiger charge is 2.29. The van der Waals surface area contributed by atoms with Crippen LogP contribution >= 0.6 is 11.8 Å². The van der Waals surface area contributed by atoms with E-state index in [9.17, 15) is 10.1 Å². The average Bonchev–Trinajstić information content (AvgIpc) is 3.08. The first kappa shape index (κ1) is 18.8. The molecule has 0 bridgehead atoms. The van der Waals surface area contributed by atoms with E-state index < -0.39 is 5.54 Å². The highest BCUT2D eigenvalue weighted by Crippen LogP contribution is 2.22. The van der Waals surface area contributed by atoms with Gasteiger partial charge in [0.15, 0.2) is 5.82 Å². The van der Waals surface area contributed by atoms with Gasteiger partial charge in [0.05, 0.1) is 18.9 Å². The Hall–Kier alpha value is -2.53. The number of hydrogen-bond donors (Lipinski definition) is 2. The van der Waals surface area contributed by atoms with Crippen LogP contribution in [0, 0.1) is 17.2 Å². The number of amides is 1. The van der Waals surface area contributed by atoms with Gasteiger partial charge in [-0.3, -0.25) is 9.89 Å². The Kier molecular flexibility index (Phi) is 6.04. The molecule has 0 aliphatic heterocycles. The number of rotatable bonds is 7. The summed E-state index contributed by atoms with van der Waals surface area (Å²) < 4.78 is 5.12. The van der Waals surface area contributed by atoms with Crippen molar-refractivity contribution in [1.82, 2.24) is 20.5 Å². The van der Waals surface area contributed by atoms with Crippen LogP contribution in [0.3, 0.4) is 0 Å².